The Hall–Kier alpha value is -1.96. The zero-order chi connectivity index (χ0) is 19.6. The van der Waals surface area contributed by atoms with Crippen LogP contribution in [0, 0.1) is 5.21 Å². The number of hydrogen-bond acceptors (Lipinski definition) is 11. The van der Waals surface area contributed by atoms with Crippen molar-refractivity contribution in [2.24, 2.45) is 20.7 Å². The zero-order valence-electron chi connectivity index (χ0n) is 15.0. The second-order valence-corrected chi connectivity index (χ2v) is 6.88. The van der Waals surface area contributed by atoms with E-state index in [0.29, 0.717) is 30.8 Å². The number of hydroxylamine groups is 1. The summed E-state index contributed by atoms with van der Waals surface area (Å²) in [5.74, 6) is -0.0994. The number of aliphatic imine (C=N–C) groups is 3. The normalized spacial score (nSPS) is 35.0. The lowest BCUT2D eigenvalue weighted by molar-refractivity contribution is -0.500. The molecule has 3 aliphatic heterocycles. The summed E-state index contributed by atoms with van der Waals surface area (Å²) in [7, 11) is 1.82. The number of amidine groups is 1. The number of nitrogens with zero attached hydrogens (tertiary/aromatic N) is 5. The molecule has 3 heterocycles. The van der Waals surface area contributed by atoms with Crippen LogP contribution in [0.5, 0.6) is 0 Å². The van der Waals surface area contributed by atoms with E-state index in [1.165, 1.54) is 12.7 Å². The van der Waals surface area contributed by atoms with Crippen molar-refractivity contribution in [2.75, 3.05) is 20.1 Å². The predicted molar refractivity (Wildman–Crippen MR) is 95.7 cm³/mol. The molecular weight excluding hydrogens is 358 g/mol. The van der Waals surface area contributed by atoms with Crippen LogP contribution in [0.2, 0.25) is 0 Å². The molecule has 3 aliphatic rings. The van der Waals surface area contributed by atoms with Crippen molar-refractivity contribution in [3.63, 3.8) is 0 Å². The molecule has 1 amide bonds. The molecule has 27 heavy (non-hydrogen) atoms. The van der Waals surface area contributed by atoms with E-state index < -0.39 is 42.7 Å². The molecule has 12 heteroatoms. The molecule has 0 aromatic rings. The highest BCUT2D eigenvalue weighted by atomic mass is 16.6. The molecule has 0 radical (unpaired) electrons. The molecule has 6 N–H and O–H groups in total. The third kappa shape index (κ3) is 4.15. The second-order valence-electron chi connectivity index (χ2n) is 6.88. The minimum atomic E-state index is -1.14. The number of hydrogen-bond donors (Lipinski definition) is 4. The quantitative estimate of drug-likeness (QED) is 0.323. The highest BCUT2D eigenvalue weighted by molar-refractivity contribution is 5.96. The number of quaternary nitrogens is 1. The topological polar surface area (TPSA) is 176 Å². The van der Waals surface area contributed by atoms with Gasteiger partial charge >= 0.3 is 5.91 Å². The smallest absolute Gasteiger partial charge is 0.310 e. The van der Waals surface area contributed by atoms with Gasteiger partial charge in [0.25, 0.3) is 0 Å². The van der Waals surface area contributed by atoms with Gasteiger partial charge in [-0.1, -0.05) is 0 Å². The van der Waals surface area contributed by atoms with Crippen LogP contribution in [0.4, 0.5) is 0 Å². The zero-order valence-corrected chi connectivity index (χ0v) is 15.0. The second kappa shape index (κ2) is 8.37. The standard InChI is InChI=1S/C15H25N7O5/c1-21(4-2-3-9(23)20-26)5-8-11(24)12(25)15(27-8)22-7-19-10-13(16)17-6-18-14(10)22/h6-8,10-12,14-15,24-25H,2-5,20H2,1H3,(H2,16,17,18)/t8?,10?,11-,12-,14?,15?/m1/s1. The first-order valence-electron chi connectivity index (χ1n) is 8.76. The van der Waals surface area contributed by atoms with Crippen molar-refractivity contribution >= 4 is 24.4 Å². The first kappa shape index (κ1) is 19.8. The number of aliphatic hydroxyl groups excluding tert-OH is 2. The van der Waals surface area contributed by atoms with E-state index in [0.717, 1.165) is 0 Å². The molecule has 0 spiro atoms. The van der Waals surface area contributed by atoms with Crippen LogP contribution in [0.15, 0.2) is 15.0 Å². The summed E-state index contributed by atoms with van der Waals surface area (Å²) in [5, 5.41) is 31.2. The van der Waals surface area contributed by atoms with E-state index in [2.05, 4.69) is 15.0 Å². The summed E-state index contributed by atoms with van der Waals surface area (Å²) in [6.45, 7) is 0.913. The molecule has 0 saturated carbocycles. The number of fused-ring (bicyclic) bond motifs is 1. The molecule has 4 unspecified atom stereocenters. The fourth-order valence-electron chi connectivity index (χ4n) is 3.41. The third-order valence-corrected chi connectivity index (χ3v) is 4.89. The van der Waals surface area contributed by atoms with Crippen molar-refractivity contribution in [3.05, 3.63) is 5.21 Å². The lowest BCUT2D eigenvalue weighted by Crippen LogP contribution is -2.81. The van der Waals surface area contributed by atoms with Crippen molar-refractivity contribution < 1.29 is 25.2 Å². The van der Waals surface area contributed by atoms with Crippen LogP contribution in [-0.2, 0) is 9.53 Å². The number of likely N-dealkylation sites (N-methyl/N-ethyl adjacent to an activating group) is 1. The average Bonchev–Trinajstić information content (AvgIpc) is 3.19. The van der Waals surface area contributed by atoms with Gasteiger partial charge in [-0.15, -0.1) is 0 Å². The first-order chi connectivity index (χ1) is 12.9. The van der Waals surface area contributed by atoms with Gasteiger partial charge in [0.1, 0.15) is 36.5 Å². The molecule has 6 atom stereocenters. The Bertz CT molecular complexity index is 642. The van der Waals surface area contributed by atoms with Gasteiger partial charge in [-0.3, -0.25) is 4.99 Å². The van der Waals surface area contributed by atoms with E-state index in [-0.39, 0.29) is 6.42 Å². The fraction of sp³-hybridized carbons (Fsp3) is 0.733. The maximum Gasteiger partial charge on any atom is 0.310 e. The summed E-state index contributed by atoms with van der Waals surface area (Å²) in [6.07, 6.45) is -0.541. The van der Waals surface area contributed by atoms with Gasteiger partial charge in [-0.2, -0.15) is 0 Å². The van der Waals surface area contributed by atoms with Crippen LogP contribution in [-0.4, -0.2) is 101 Å². The van der Waals surface area contributed by atoms with Crippen molar-refractivity contribution in [2.45, 2.75) is 49.6 Å². The number of carbonyl (C=O) groups is 1. The maximum absolute atomic E-state index is 11.0. The van der Waals surface area contributed by atoms with E-state index in [1.807, 2.05) is 11.9 Å². The van der Waals surface area contributed by atoms with Gasteiger partial charge in [-0.25, -0.2) is 14.8 Å². The fourth-order valence-corrected chi connectivity index (χ4v) is 3.41. The van der Waals surface area contributed by atoms with Crippen LogP contribution < -0.4 is 11.2 Å². The van der Waals surface area contributed by atoms with Gasteiger partial charge in [0.15, 0.2) is 12.4 Å². The highest BCUT2D eigenvalue weighted by Gasteiger charge is 2.49. The van der Waals surface area contributed by atoms with Crippen LogP contribution in [0.3, 0.4) is 0 Å². The summed E-state index contributed by atoms with van der Waals surface area (Å²) in [6, 6.07) is -0.431. The molecule has 0 aromatic carbocycles. The SMILES string of the molecule is CN(CCCC(=O)[NH2+][O-])CC1OC(N2C=NC3C(N)=NC=NC32)[C@H](O)[C@@H]1O. The summed E-state index contributed by atoms with van der Waals surface area (Å²) >= 11 is 0. The lowest BCUT2D eigenvalue weighted by Gasteiger charge is -2.31. The van der Waals surface area contributed by atoms with Gasteiger partial charge in [0.2, 0.25) is 0 Å². The Morgan fingerprint density at radius 2 is 2.22 bits per heavy atom. The summed E-state index contributed by atoms with van der Waals surface area (Å²) in [5.41, 5.74) is 6.15. The van der Waals surface area contributed by atoms with Crippen molar-refractivity contribution in [1.82, 2.24) is 9.80 Å². The van der Waals surface area contributed by atoms with Gasteiger partial charge in [0.05, 0.1) is 12.8 Å². The van der Waals surface area contributed by atoms with E-state index in [9.17, 15) is 20.2 Å². The van der Waals surface area contributed by atoms with Crippen LogP contribution >= 0.6 is 0 Å². The van der Waals surface area contributed by atoms with E-state index >= 15 is 0 Å². The molecule has 0 aromatic heterocycles. The first-order valence-corrected chi connectivity index (χ1v) is 8.76. The van der Waals surface area contributed by atoms with Crippen LogP contribution in [0.25, 0.3) is 0 Å². The van der Waals surface area contributed by atoms with E-state index in [1.54, 1.807) is 4.90 Å². The van der Waals surface area contributed by atoms with Gasteiger partial charge < -0.3 is 41.2 Å². The lowest BCUT2D eigenvalue weighted by atomic mass is 10.1. The van der Waals surface area contributed by atoms with Crippen molar-refractivity contribution in [3.8, 4) is 0 Å². The molecule has 1 fully saturated rings. The Morgan fingerprint density at radius 1 is 1.44 bits per heavy atom. The Balaban J connectivity index is 1.55. The number of amides is 1. The summed E-state index contributed by atoms with van der Waals surface area (Å²) < 4.78 is 5.89. The number of nitrogens with two attached hydrogens (primary N) is 2. The Kier molecular flexibility index (Phi) is 6.14. The summed E-state index contributed by atoms with van der Waals surface area (Å²) in [4.78, 5) is 27.0. The average molecular weight is 383 g/mol. The minimum absolute atomic E-state index is 0.182. The third-order valence-electron chi connectivity index (χ3n) is 4.89. The molecule has 0 bridgehead atoms. The van der Waals surface area contributed by atoms with Crippen LogP contribution in [0.1, 0.15) is 12.8 Å². The predicted octanol–water partition coefficient (Wildman–Crippen LogP) is -3.83. The molecule has 150 valence electrons. The highest BCUT2D eigenvalue weighted by Crippen LogP contribution is 2.29. The number of ether oxygens (including phenoxy) is 1. The van der Waals surface area contributed by atoms with Gasteiger partial charge in [-0.05, 0) is 20.0 Å². The number of carbonyl (C=O) groups excluding carboxylic acids is 1. The molecule has 3 rings (SSSR count). The van der Waals surface area contributed by atoms with E-state index in [4.69, 9.17) is 10.5 Å². The number of primary amides is 1. The molecule has 0 aliphatic carbocycles. The molecule has 12 nitrogen and oxygen atoms in total. The Morgan fingerprint density at radius 3 is 2.96 bits per heavy atom. The van der Waals surface area contributed by atoms with Gasteiger partial charge in [0, 0.05) is 6.54 Å². The molecular formula is C15H25N7O5. The monoisotopic (exact) mass is 383 g/mol. The number of aliphatic hydroxyl groups is 2. The largest absolute Gasteiger partial charge is 0.628 e. The minimum Gasteiger partial charge on any atom is -0.628 e. The molecule has 1 saturated heterocycles. The Labute approximate surface area is 156 Å². The van der Waals surface area contributed by atoms with Crippen molar-refractivity contribution in [1.29, 1.82) is 0 Å². The number of rotatable bonds is 7. The maximum atomic E-state index is 11.0.